The van der Waals surface area contributed by atoms with Crippen molar-refractivity contribution in [3.05, 3.63) is 59.7 Å². The highest BCUT2D eigenvalue weighted by atomic mass is 16.5. The van der Waals surface area contributed by atoms with Crippen molar-refractivity contribution in [1.82, 2.24) is 26.6 Å². The highest BCUT2D eigenvalue weighted by Gasteiger charge is 2.31. The summed E-state index contributed by atoms with van der Waals surface area (Å²) in [5.41, 5.74) is 21.8. The van der Waals surface area contributed by atoms with Crippen molar-refractivity contribution in [2.24, 2.45) is 40.9 Å². The van der Waals surface area contributed by atoms with Crippen LogP contribution in [0.1, 0.15) is 169 Å². The first-order valence-corrected chi connectivity index (χ1v) is 26.9. The molecular formula is C56H92N8O10. The summed E-state index contributed by atoms with van der Waals surface area (Å²) in [5, 5.41) is 32.8. The molecule has 5 amide bonds. The topological polar surface area (TPSA) is 307 Å². The minimum Gasteiger partial charge on any atom is -0.481 e. The Kier molecular flexibility index (Phi) is 30.4. The fourth-order valence-electron chi connectivity index (χ4n) is 9.43. The number of rotatable bonds is 34. The second-order valence-corrected chi connectivity index (χ2v) is 21.6. The number of ether oxygens (including phenoxy) is 1. The van der Waals surface area contributed by atoms with Crippen molar-refractivity contribution in [3.8, 4) is 11.1 Å². The Morgan fingerprint density at radius 2 is 0.905 bits per heavy atom. The summed E-state index contributed by atoms with van der Waals surface area (Å²) in [6, 6.07) is 13.9. The van der Waals surface area contributed by atoms with Gasteiger partial charge in [0, 0.05) is 67.9 Å². The van der Waals surface area contributed by atoms with Gasteiger partial charge in [-0.05, 0) is 104 Å². The van der Waals surface area contributed by atoms with Gasteiger partial charge in [-0.1, -0.05) is 117 Å². The molecule has 2 aromatic carbocycles. The van der Waals surface area contributed by atoms with E-state index in [0.29, 0.717) is 44.7 Å². The van der Waals surface area contributed by atoms with Crippen LogP contribution in [-0.2, 0) is 33.5 Å². The van der Waals surface area contributed by atoms with Crippen molar-refractivity contribution < 1.29 is 48.5 Å². The number of carboxylic acid groups (broad SMARTS) is 2. The second-order valence-electron chi connectivity index (χ2n) is 21.6. The van der Waals surface area contributed by atoms with Crippen LogP contribution in [0.15, 0.2) is 48.5 Å². The molecule has 0 heterocycles. The molecule has 18 heteroatoms. The van der Waals surface area contributed by atoms with E-state index in [0.717, 1.165) is 54.4 Å². The van der Waals surface area contributed by atoms with Crippen LogP contribution < -0.4 is 43.8 Å². The molecule has 0 spiro atoms. The minimum atomic E-state index is -0.975. The molecule has 0 bridgehead atoms. The van der Waals surface area contributed by atoms with Gasteiger partial charge >= 0.3 is 18.0 Å². The van der Waals surface area contributed by atoms with Gasteiger partial charge < -0.3 is 58.7 Å². The van der Waals surface area contributed by atoms with E-state index in [1.54, 1.807) is 0 Å². The predicted molar refractivity (Wildman–Crippen MR) is 290 cm³/mol. The van der Waals surface area contributed by atoms with Crippen LogP contribution in [0.25, 0.3) is 11.1 Å². The van der Waals surface area contributed by atoms with Crippen molar-refractivity contribution in [3.63, 3.8) is 0 Å². The second kappa shape index (κ2) is 34.8. The molecule has 0 saturated carbocycles. The number of alkyl carbamates (subject to hydrolysis) is 1. The van der Waals surface area contributed by atoms with Crippen LogP contribution in [0, 0.1) is 23.7 Å². The quantitative estimate of drug-likeness (QED) is 0.0327. The summed E-state index contributed by atoms with van der Waals surface area (Å²) in [5.74, 6) is -2.15. The zero-order valence-corrected chi connectivity index (χ0v) is 45.6. The summed E-state index contributed by atoms with van der Waals surface area (Å²) in [7, 11) is 0. The van der Waals surface area contributed by atoms with Crippen LogP contribution >= 0.6 is 0 Å². The van der Waals surface area contributed by atoms with Crippen LogP contribution in [-0.4, -0.2) is 108 Å². The number of unbranched alkanes of at least 4 members (excludes halogenated alkanes) is 2. The van der Waals surface area contributed by atoms with Crippen molar-refractivity contribution in [1.29, 1.82) is 0 Å². The van der Waals surface area contributed by atoms with E-state index in [4.69, 9.17) is 27.0 Å². The van der Waals surface area contributed by atoms with Gasteiger partial charge in [-0.2, -0.15) is 0 Å². The molecule has 74 heavy (non-hydrogen) atoms. The number of carbonyl (C=O) groups excluding carboxylic acids is 5. The van der Waals surface area contributed by atoms with Gasteiger partial charge in [0.1, 0.15) is 6.61 Å². The standard InChI is InChI=1S/C35H50N4O6.C21H42N4O4/c1-22(2)17-25(19-34(42)43)38-32(40)18-24(11-9-10-16-36)37-33(41)20-31(23(3)4)39-35(44)45-21-30-28-14-7-5-12-26(28)27-13-6-8-15-29(27)30;1-14(2)9-16(23)11-19(26)24-17(7-5-6-8-22)12-20(27)25-18(10-15(3)4)13-21(28)29/h5-8,12-15,22-25,30-31H,9-11,16-21,36H2,1-4H3,(H,37,41)(H,38,40)(H,39,44)(H,42,43);14-18H,5-13,22-23H2,1-4H3,(H,24,26)(H,25,27)(H,28,29)/t24-,25-,31-;16-,17-,18-/m00/s1. The lowest BCUT2D eigenvalue weighted by molar-refractivity contribution is -0.139. The predicted octanol–water partition coefficient (Wildman–Crippen LogP) is 6.71. The van der Waals surface area contributed by atoms with Gasteiger partial charge in [-0.25, -0.2) is 4.79 Å². The fourth-order valence-corrected chi connectivity index (χ4v) is 9.43. The Morgan fingerprint density at radius 1 is 0.514 bits per heavy atom. The molecule has 0 fully saturated rings. The van der Waals surface area contributed by atoms with Crippen molar-refractivity contribution in [2.75, 3.05) is 19.7 Å². The van der Waals surface area contributed by atoms with Gasteiger partial charge in [0.15, 0.2) is 0 Å². The molecule has 18 nitrogen and oxygen atoms in total. The maximum atomic E-state index is 13.2. The summed E-state index contributed by atoms with van der Waals surface area (Å²) in [4.78, 5) is 86.2. The Balaban J connectivity index is 0.000000561. The number of nitrogens with two attached hydrogens (primary N) is 3. The molecule has 0 radical (unpaired) electrons. The lowest BCUT2D eigenvalue weighted by Gasteiger charge is -2.25. The molecule has 0 unspecified atom stereocenters. The molecule has 0 aliphatic heterocycles. The Hall–Kier alpha value is -5.59. The highest BCUT2D eigenvalue weighted by Crippen LogP contribution is 2.44. The normalized spacial score (nSPS) is 14.4. The first kappa shape index (κ1) is 64.5. The third-order valence-corrected chi connectivity index (χ3v) is 12.8. The van der Waals surface area contributed by atoms with Gasteiger partial charge in [0.25, 0.3) is 0 Å². The summed E-state index contributed by atoms with van der Waals surface area (Å²) < 4.78 is 5.70. The van der Waals surface area contributed by atoms with Crippen LogP contribution in [0.2, 0.25) is 0 Å². The molecule has 0 aromatic heterocycles. The molecule has 13 N–H and O–H groups in total. The number of carbonyl (C=O) groups is 7. The number of fused-ring (bicyclic) bond motifs is 3. The van der Waals surface area contributed by atoms with E-state index in [9.17, 15) is 38.7 Å². The SMILES string of the molecule is CC(C)C[C@@H](CC(=O)O)NC(=O)C[C@H](CCCCN)NC(=O)C[C@H](NC(=O)OCC1c2ccccc2-c2ccccc21)C(C)C.CC(C)C[C@H](N)CC(=O)N[C@@H](CCCCN)CC(=O)N[C@H](CC(=O)O)CC(C)C. The number of nitrogens with one attached hydrogen (secondary N) is 5. The van der Waals surface area contributed by atoms with Gasteiger partial charge in [0.2, 0.25) is 23.6 Å². The average Bonchev–Trinajstić information content (AvgIpc) is 3.60. The van der Waals surface area contributed by atoms with E-state index in [2.05, 4.69) is 64.7 Å². The first-order chi connectivity index (χ1) is 35.0. The molecule has 0 saturated heterocycles. The summed E-state index contributed by atoms with van der Waals surface area (Å²) in [6.07, 6.45) is 5.71. The fraction of sp³-hybridized carbons (Fsp3) is 0.661. The van der Waals surface area contributed by atoms with E-state index in [1.807, 2.05) is 65.8 Å². The molecule has 3 rings (SSSR count). The number of hydrogen-bond acceptors (Lipinski definition) is 11. The van der Waals surface area contributed by atoms with Gasteiger partial charge in [-0.15, -0.1) is 0 Å². The third-order valence-electron chi connectivity index (χ3n) is 12.8. The summed E-state index contributed by atoms with van der Waals surface area (Å²) in [6.45, 7) is 17.1. The number of amides is 5. The first-order valence-electron chi connectivity index (χ1n) is 26.9. The lowest BCUT2D eigenvalue weighted by atomic mass is 9.98. The largest absolute Gasteiger partial charge is 0.481 e. The van der Waals surface area contributed by atoms with Gasteiger partial charge in [-0.3, -0.25) is 28.8 Å². The van der Waals surface area contributed by atoms with E-state index >= 15 is 0 Å². The zero-order valence-electron chi connectivity index (χ0n) is 45.6. The van der Waals surface area contributed by atoms with E-state index in [1.165, 1.54) is 0 Å². The maximum Gasteiger partial charge on any atom is 0.407 e. The number of aliphatic carboxylic acids is 2. The molecule has 416 valence electrons. The minimum absolute atomic E-state index is 0.0197. The molecular weight excluding hydrogens is 945 g/mol. The molecule has 2 aromatic rings. The van der Waals surface area contributed by atoms with Crippen molar-refractivity contribution in [2.45, 2.75) is 194 Å². The molecule has 1 aliphatic carbocycles. The van der Waals surface area contributed by atoms with Crippen LogP contribution in [0.4, 0.5) is 4.79 Å². The third kappa shape index (κ3) is 26.6. The average molecular weight is 1040 g/mol. The smallest absolute Gasteiger partial charge is 0.407 e. The number of hydrogen-bond donors (Lipinski definition) is 10. The Morgan fingerprint density at radius 3 is 1.30 bits per heavy atom. The number of benzene rings is 2. The van der Waals surface area contributed by atoms with Crippen molar-refractivity contribution >= 4 is 41.7 Å². The van der Waals surface area contributed by atoms with Crippen LogP contribution in [0.3, 0.4) is 0 Å². The lowest BCUT2D eigenvalue weighted by Crippen LogP contribution is -2.46. The van der Waals surface area contributed by atoms with Gasteiger partial charge in [0.05, 0.1) is 12.8 Å². The number of carboxylic acids is 2. The van der Waals surface area contributed by atoms with E-state index < -0.39 is 42.2 Å². The van der Waals surface area contributed by atoms with E-state index in [-0.39, 0.29) is 105 Å². The highest BCUT2D eigenvalue weighted by molar-refractivity contribution is 5.82. The Labute approximate surface area is 440 Å². The molecule has 6 atom stereocenters. The summed E-state index contributed by atoms with van der Waals surface area (Å²) >= 11 is 0. The zero-order chi connectivity index (χ0) is 55.3. The maximum absolute atomic E-state index is 13.2. The van der Waals surface area contributed by atoms with Crippen LogP contribution in [0.5, 0.6) is 0 Å². The Bertz CT molecular complexity index is 2000. The molecule has 1 aliphatic rings. The monoisotopic (exact) mass is 1040 g/mol.